The minimum atomic E-state index is -0.122. The van der Waals surface area contributed by atoms with Gasteiger partial charge in [-0.1, -0.05) is 11.6 Å². The molecule has 0 aliphatic carbocycles. The van der Waals surface area contributed by atoms with Crippen molar-refractivity contribution in [3.05, 3.63) is 28.4 Å². The average molecular weight is 320 g/mol. The number of nitrogens with zero attached hydrogens (tertiary/aromatic N) is 3. The van der Waals surface area contributed by atoms with Crippen molar-refractivity contribution in [1.29, 1.82) is 0 Å². The Morgan fingerprint density at radius 1 is 1.36 bits per heavy atom. The predicted molar refractivity (Wildman–Crippen MR) is 82.7 cm³/mol. The molecular formula is C15H14ClN3O3. The summed E-state index contributed by atoms with van der Waals surface area (Å²) in [4.78, 5) is 24.4. The molecule has 0 spiro atoms. The van der Waals surface area contributed by atoms with Crippen LogP contribution in [0.5, 0.6) is 5.75 Å². The molecule has 1 aliphatic rings. The lowest BCUT2D eigenvalue weighted by molar-refractivity contribution is -0.120. The summed E-state index contributed by atoms with van der Waals surface area (Å²) in [5.74, 6) is 0.522. The molecule has 1 aliphatic heterocycles. The summed E-state index contributed by atoms with van der Waals surface area (Å²) in [6.45, 7) is 1.93. The van der Waals surface area contributed by atoms with E-state index in [1.54, 1.807) is 19.0 Å². The second kappa shape index (κ2) is 5.14. The summed E-state index contributed by atoms with van der Waals surface area (Å²) in [5.41, 5.74) is 3.15. The van der Waals surface area contributed by atoms with E-state index < -0.39 is 0 Å². The Bertz CT molecular complexity index is 798. The van der Waals surface area contributed by atoms with Crippen molar-refractivity contribution in [2.75, 3.05) is 18.6 Å². The number of rotatable bonds is 2. The number of hydrogen-bond acceptors (Lipinski definition) is 4. The average Bonchev–Trinajstić information content (AvgIpc) is 2.77. The Morgan fingerprint density at radius 2 is 2.09 bits per heavy atom. The standard InChI is InChI=1S/C15H14ClN3O3/c1-8-4-12-10(18(2)13(21)7-22-12)5-9(8)15-14(16)11(6-20)19(3)17-15/h4-6H,7H2,1-3H3. The monoisotopic (exact) mass is 319 g/mol. The van der Waals surface area contributed by atoms with Crippen LogP contribution in [0.15, 0.2) is 12.1 Å². The molecule has 3 rings (SSSR count). The third-order valence-electron chi connectivity index (χ3n) is 3.79. The van der Waals surface area contributed by atoms with Gasteiger partial charge in [0.1, 0.15) is 17.1 Å². The van der Waals surface area contributed by atoms with Crippen LogP contribution in [0, 0.1) is 6.92 Å². The van der Waals surface area contributed by atoms with E-state index in [0.29, 0.717) is 34.1 Å². The Kier molecular flexibility index (Phi) is 3.41. The van der Waals surface area contributed by atoms with Crippen LogP contribution in [0.1, 0.15) is 16.1 Å². The van der Waals surface area contributed by atoms with Crippen LogP contribution in [0.25, 0.3) is 11.3 Å². The van der Waals surface area contributed by atoms with E-state index in [-0.39, 0.29) is 12.5 Å². The van der Waals surface area contributed by atoms with E-state index in [2.05, 4.69) is 5.10 Å². The molecular weight excluding hydrogens is 306 g/mol. The van der Waals surface area contributed by atoms with E-state index in [4.69, 9.17) is 16.3 Å². The SMILES string of the molecule is Cc1cc2c(cc1-c1nn(C)c(C=O)c1Cl)N(C)C(=O)CO2. The first kappa shape index (κ1) is 14.6. The van der Waals surface area contributed by atoms with Gasteiger partial charge >= 0.3 is 0 Å². The molecule has 114 valence electrons. The molecule has 22 heavy (non-hydrogen) atoms. The molecule has 0 unspecified atom stereocenters. The Labute approximate surface area is 132 Å². The number of benzene rings is 1. The number of amides is 1. The molecule has 0 saturated carbocycles. The van der Waals surface area contributed by atoms with E-state index in [1.165, 1.54) is 4.68 Å². The number of aryl methyl sites for hydroxylation is 2. The van der Waals surface area contributed by atoms with Gasteiger partial charge in [-0.25, -0.2) is 0 Å². The number of fused-ring (bicyclic) bond motifs is 1. The zero-order valence-electron chi connectivity index (χ0n) is 12.4. The molecule has 2 heterocycles. The first-order valence-corrected chi connectivity index (χ1v) is 7.04. The molecule has 1 amide bonds. The number of carbonyl (C=O) groups excluding carboxylic acids is 2. The maximum Gasteiger partial charge on any atom is 0.264 e. The lowest BCUT2D eigenvalue weighted by Crippen LogP contribution is -2.35. The second-order valence-corrected chi connectivity index (χ2v) is 5.54. The van der Waals surface area contributed by atoms with Crippen molar-refractivity contribution in [2.24, 2.45) is 7.05 Å². The van der Waals surface area contributed by atoms with Gasteiger partial charge in [-0.15, -0.1) is 0 Å². The van der Waals surface area contributed by atoms with E-state index in [9.17, 15) is 9.59 Å². The number of anilines is 1. The van der Waals surface area contributed by atoms with Gasteiger partial charge in [0.2, 0.25) is 0 Å². The quantitative estimate of drug-likeness (QED) is 0.796. The van der Waals surface area contributed by atoms with Crippen LogP contribution in [0.2, 0.25) is 5.02 Å². The normalized spacial score (nSPS) is 13.8. The second-order valence-electron chi connectivity index (χ2n) is 5.17. The molecule has 0 radical (unpaired) electrons. The van der Waals surface area contributed by atoms with Crippen molar-refractivity contribution in [1.82, 2.24) is 9.78 Å². The van der Waals surface area contributed by atoms with E-state index in [1.807, 2.05) is 19.1 Å². The van der Waals surface area contributed by atoms with Gasteiger partial charge in [-0.2, -0.15) is 5.10 Å². The van der Waals surface area contributed by atoms with Gasteiger partial charge in [0.15, 0.2) is 12.9 Å². The minimum absolute atomic E-state index is 0.0297. The summed E-state index contributed by atoms with van der Waals surface area (Å²) in [6, 6.07) is 3.66. The maximum atomic E-state index is 11.8. The fraction of sp³-hybridized carbons (Fsp3) is 0.267. The highest BCUT2D eigenvalue weighted by Gasteiger charge is 2.25. The molecule has 7 heteroatoms. The number of aldehydes is 1. The molecule has 2 aromatic rings. The summed E-state index contributed by atoms with van der Waals surface area (Å²) in [6.07, 6.45) is 0.672. The molecule has 0 atom stereocenters. The molecule has 0 N–H and O–H groups in total. The number of ether oxygens (including phenoxy) is 1. The largest absolute Gasteiger partial charge is 0.482 e. The lowest BCUT2D eigenvalue weighted by atomic mass is 10.0. The topological polar surface area (TPSA) is 64.4 Å². The third-order valence-corrected chi connectivity index (χ3v) is 4.16. The molecule has 0 saturated heterocycles. The van der Waals surface area contributed by atoms with Gasteiger partial charge < -0.3 is 9.64 Å². The first-order valence-electron chi connectivity index (χ1n) is 6.66. The van der Waals surface area contributed by atoms with E-state index >= 15 is 0 Å². The minimum Gasteiger partial charge on any atom is -0.482 e. The number of aromatic nitrogens is 2. The smallest absolute Gasteiger partial charge is 0.264 e. The Hall–Kier alpha value is -2.34. The van der Waals surface area contributed by atoms with Crippen molar-refractivity contribution >= 4 is 29.5 Å². The van der Waals surface area contributed by atoms with Crippen molar-refractivity contribution < 1.29 is 14.3 Å². The highest BCUT2D eigenvalue weighted by Crippen LogP contribution is 2.39. The molecule has 0 bridgehead atoms. The van der Waals surface area contributed by atoms with Gasteiger partial charge in [0.05, 0.1) is 10.7 Å². The fourth-order valence-corrected chi connectivity index (χ4v) is 2.79. The number of carbonyl (C=O) groups is 2. The molecule has 1 aromatic heterocycles. The summed E-state index contributed by atoms with van der Waals surface area (Å²) < 4.78 is 6.89. The zero-order chi connectivity index (χ0) is 16.0. The van der Waals surface area contributed by atoms with Crippen molar-refractivity contribution in [3.8, 4) is 17.0 Å². The van der Waals surface area contributed by atoms with Crippen LogP contribution in [0.4, 0.5) is 5.69 Å². The Balaban J connectivity index is 2.21. The van der Waals surface area contributed by atoms with Gasteiger partial charge in [-0.3, -0.25) is 14.3 Å². The van der Waals surface area contributed by atoms with Gasteiger partial charge in [0.25, 0.3) is 5.91 Å². The number of hydrogen-bond donors (Lipinski definition) is 0. The predicted octanol–water partition coefficient (Wildman–Crippen LogP) is 2.22. The van der Waals surface area contributed by atoms with Crippen LogP contribution < -0.4 is 9.64 Å². The van der Waals surface area contributed by atoms with Gasteiger partial charge in [0, 0.05) is 19.7 Å². The Morgan fingerprint density at radius 3 is 2.73 bits per heavy atom. The molecule has 1 aromatic carbocycles. The lowest BCUT2D eigenvalue weighted by Gasteiger charge is -2.27. The summed E-state index contributed by atoms with van der Waals surface area (Å²) in [7, 11) is 3.35. The summed E-state index contributed by atoms with van der Waals surface area (Å²) in [5, 5.41) is 4.61. The third kappa shape index (κ3) is 2.07. The summed E-state index contributed by atoms with van der Waals surface area (Å²) >= 11 is 6.26. The van der Waals surface area contributed by atoms with Crippen molar-refractivity contribution in [3.63, 3.8) is 0 Å². The van der Waals surface area contributed by atoms with Gasteiger partial charge in [-0.05, 0) is 24.6 Å². The molecule has 6 nitrogen and oxygen atoms in total. The van der Waals surface area contributed by atoms with Crippen LogP contribution in [-0.4, -0.2) is 35.6 Å². The zero-order valence-corrected chi connectivity index (χ0v) is 13.1. The number of likely N-dealkylation sites (N-methyl/N-ethyl adjacent to an activating group) is 1. The fourth-order valence-electron chi connectivity index (χ4n) is 2.48. The van der Waals surface area contributed by atoms with Crippen LogP contribution >= 0.6 is 11.6 Å². The van der Waals surface area contributed by atoms with E-state index in [0.717, 1.165) is 11.1 Å². The van der Waals surface area contributed by atoms with Crippen LogP contribution in [-0.2, 0) is 11.8 Å². The van der Waals surface area contributed by atoms with Crippen LogP contribution in [0.3, 0.4) is 0 Å². The van der Waals surface area contributed by atoms with Crippen molar-refractivity contribution in [2.45, 2.75) is 6.92 Å². The maximum absolute atomic E-state index is 11.8. The molecule has 0 fully saturated rings. The number of halogens is 1. The highest BCUT2D eigenvalue weighted by atomic mass is 35.5. The first-order chi connectivity index (χ1) is 10.4. The highest BCUT2D eigenvalue weighted by molar-refractivity contribution is 6.35.